The number of ether oxygens (including phenoxy) is 3. The SMILES string of the molecule is COc1cc(NN2C(C(O)c3ccc(I)cc3)C=CC3C(=O)N(c4ccccc4)C(=O)C32)cc(OC)c1OC. The number of imide groups is 1. The van der Waals surface area contributed by atoms with Gasteiger partial charge in [0, 0.05) is 15.7 Å². The Morgan fingerprint density at radius 2 is 1.51 bits per heavy atom. The fraction of sp³-hybridized carbons (Fsp3) is 0.241. The quantitative estimate of drug-likeness (QED) is 0.215. The molecule has 0 spiro atoms. The number of amides is 2. The second-order valence-electron chi connectivity index (χ2n) is 9.12. The number of methoxy groups -OCH3 is 3. The zero-order valence-electron chi connectivity index (χ0n) is 21.6. The van der Waals surface area contributed by atoms with Crippen LogP contribution < -0.4 is 24.5 Å². The van der Waals surface area contributed by atoms with E-state index in [1.54, 1.807) is 53.6 Å². The molecule has 5 rings (SSSR count). The Morgan fingerprint density at radius 1 is 0.872 bits per heavy atom. The van der Waals surface area contributed by atoms with E-state index in [2.05, 4.69) is 28.0 Å². The molecule has 0 bridgehead atoms. The van der Waals surface area contributed by atoms with Gasteiger partial charge < -0.3 is 24.7 Å². The largest absolute Gasteiger partial charge is 0.493 e. The van der Waals surface area contributed by atoms with Crippen LogP contribution in [0.4, 0.5) is 11.4 Å². The number of carbonyl (C=O) groups is 2. The van der Waals surface area contributed by atoms with Crippen molar-refractivity contribution in [3.63, 3.8) is 0 Å². The van der Waals surface area contributed by atoms with Crippen LogP contribution in [0.25, 0.3) is 0 Å². The van der Waals surface area contributed by atoms with Crippen LogP contribution in [0.1, 0.15) is 11.7 Å². The van der Waals surface area contributed by atoms with Crippen molar-refractivity contribution in [1.82, 2.24) is 5.01 Å². The maximum atomic E-state index is 13.9. The van der Waals surface area contributed by atoms with Crippen molar-refractivity contribution >= 4 is 45.8 Å². The number of carbonyl (C=O) groups excluding carboxylic acids is 2. The zero-order valence-corrected chi connectivity index (χ0v) is 23.7. The van der Waals surface area contributed by atoms with Crippen LogP contribution in [0.2, 0.25) is 0 Å². The molecule has 3 aromatic rings. The van der Waals surface area contributed by atoms with E-state index in [4.69, 9.17) is 14.2 Å². The van der Waals surface area contributed by atoms with Crippen molar-refractivity contribution in [3.05, 3.63) is 88.0 Å². The van der Waals surface area contributed by atoms with Gasteiger partial charge in [0.25, 0.3) is 5.91 Å². The molecule has 2 aliphatic rings. The first-order valence-corrected chi connectivity index (χ1v) is 13.4. The Labute approximate surface area is 240 Å². The number of aliphatic hydroxyl groups is 1. The molecular weight excluding hydrogens is 613 g/mol. The third kappa shape index (κ3) is 4.95. The molecule has 0 aromatic heterocycles. The second kappa shape index (κ2) is 11.2. The Kier molecular flexibility index (Phi) is 7.78. The highest BCUT2D eigenvalue weighted by Crippen LogP contribution is 2.42. The number of hydrazine groups is 1. The highest BCUT2D eigenvalue weighted by atomic mass is 127. The molecule has 4 atom stereocenters. The summed E-state index contributed by atoms with van der Waals surface area (Å²) in [5.74, 6) is -0.213. The molecule has 4 unspecified atom stereocenters. The summed E-state index contributed by atoms with van der Waals surface area (Å²) in [6, 6.07) is 18.2. The first kappa shape index (κ1) is 27.0. The summed E-state index contributed by atoms with van der Waals surface area (Å²) in [6.07, 6.45) is 2.50. The normalized spacial score (nSPS) is 21.5. The summed E-state index contributed by atoms with van der Waals surface area (Å²) in [4.78, 5) is 28.6. The minimum absolute atomic E-state index is 0.327. The highest BCUT2D eigenvalue weighted by molar-refractivity contribution is 14.1. The number of rotatable bonds is 8. The van der Waals surface area contributed by atoms with Gasteiger partial charge in [-0.25, -0.2) is 9.91 Å². The van der Waals surface area contributed by atoms with E-state index in [1.165, 1.54) is 26.2 Å². The molecule has 1 saturated heterocycles. The monoisotopic (exact) mass is 641 g/mol. The van der Waals surface area contributed by atoms with Crippen molar-refractivity contribution in [2.75, 3.05) is 31.7 Å². The van der Waals surface area contributed by atoms with Gasteiger partial charge in [-0.1, -0.05) is 42.5 Å². The molecule has 1 fully saturated rings. The van der Waals surface area contributed by atoms with Crippen LogP contribution in [-0.4, -0.2) is 55.3 Å². The van der Waals surface area contributed by atoms with Crippen LogP contribution >= 0.6 is 22.6 Å². The smallest absolute Gasteiger partial charge is 0.254 e. The molecule has 2 amide bonds. The maximum absolute atomic E-state index is 13.9. The Hall–Kier alpha value is -3.61. The second-order valence-corrected chi connectivity index (χ2v) is 10.4. The summed E-state index contributed by atoms with van der Waals surface area (Å²) in [5, 5.41) is 13.2. The Morgan fingerprint density at radius 3 is 2.10 bits per heavy atom. The molecule has 39 heavy (non-hydrogen) atoms. The summed E-state index contributed by atoms with van der Waals surface area (Å²) in [5.41, 5.74) is 4.99. The molecule has 0 aliphatic carbocycles. The Bertz CT molecular complexity index is 1370. The summed E-state index contributed by atoms with van der Waals surface area (Å²) >= 11 is 2.21. The van der Waals surface area contributed by atoms with Crippen molar-refractivity contribution in [2.45, 2.75) is 18.2 Å². The molecule has 202 valence electrons. The third-order valence-electron chi connectivity index (χ3n) is 6.93. The van der Waals surface area contributed by atoms with Gasteiger partial charge in [-0.05, 0) is 52.4 Å². The number of halogens is 1. The van der Waals surface area contributed by atoms with Crippen LogP contribution in [-0.2, 0) is 9.59 Å². The minimum Gasteiger partial charge on any atom is -0.493 e. The van der Waals surface area contributed by atoms with E-state index in [-0.39, 0.29) is 11.8 Å². The summed E-state index contributed by atoms with van der Waals surface area (Å²) in [7, 11) is 4.55. The van der Waals surface area contributed by atoms with Crippen molar-refractivity contribution < 1.29 is 28.9 Å². The third-order valence-corrected chi connectivity index (χ3v) is 7.65. The number of hydrogen-bond donors (Lipinski definition) is 2. The van der Waals surface area contributed by atoms with Crippen LogP contribution in [0.15, 0.2) is 78.9 Å². The minimum atomic E-state index is -0.998. The van der Waals surface area contributed by atoms with Crippen LogP contribution in [0.5, 0.6) is 17.2 Å². The highest BCUT2D eigenvalue weighted by Gasteiger charge is 2.54. The first-order chi connectivity index (χ1) is 18.9. The van der Waals surface area contributed by atoms with E-state index >= 15 is 0 Å². The van der Waals surface area contributed by atoms with Gasteiger partial charge in [0.15, 0.2) is 11.5 Å². The molecule has 2 N–H and O–H groups in total. The lowest BCUT2D eigenvalue weighted by Gasteiger charge is -2.40. The fourth-order valence-corrected chi connectivity index (χ4v) is 5.41. The topological polar surface area (TPSA) is 101 Å². The zero-order chi connectivity index (χ0) is 27.7. The molecule has 0 saturated carbocycles. The number of para-hydroxylation sites is 1. The van der Waals surface area contributed by atoms with Crippen molar-refractivity contribution in [2.24, 2.45) is 5.92 Å². The first-order valence-electron chi connectivity index (χ1n) is 12.3. The van der Waals surface area contributed by atoms with Crippen molar-refractivity contribution in [3.8, 4) is 17.2 Å². The van der Waals surface area contributed by atoms with Gasteiger partial charge in [0.1, 0.15) is 6.04 Å². The van der Waals surface area contributed by atoms with E-state index in [1.807, 2.05) is 30.3 Å². The van der Waals surface area contributed by atoms with E-state index in [0.29, 0.717) is 34.2 Å². The van der Waals surface area contributed by atoms with Gasteiger partial charge in [-0.15, -0.1) is 0 Å². The predicted molar refractivity (Wildman–Crippen MR) is 155 cm³/mol. The number of fused-ring (bicyclic) bond motifs is 1. The lowest BCUT2D eigenvalue weighted by atomic mass is 9.90. The van der Waals surface area contributed by atoms with E-state index < -0.39 is 24.1 Å². The summed E-state index contributed by atoms with van der Waals surface area (Å²) < 4.78 is 17.5. The average Bonchev–Trinajstić information content (AvgIpc) is 3.22. The lowest BCUT2D eigenvalue weighted by molar-refractivity contribution is -0.123. The number of nitrogens with one attached hydrogen (secondary N) is 1. The molecular formula is C29H28IN3O6. The molecule has 10 heteroatoms. The number of aliphatic hydroxyl groups excluding tert-OH is 1. The standard InChI is InChI=1S/C29H28IN3O6/c1-37-23-15-19(16-24(38-2)27(23)39-3)31-33-22(26(34)17-9-11-18(30)12-10-17)14-13-21-25(33)29(36)32(28(21)35)20-7-5-4-6-8-20/h4-16,21-22,25-26,31,34H,1-3H3. The van der Waals surface area contributed by atoms with Crippen LogP contribution in [0.3, 0.4) is 0 Å². The predicted octanol–water partition coefficient (Wildman–Crippen LogP) is 4.18. The lowest BCUT2D eigenvalue weighted by Crippen LogP contribution is -2.55. The van der Waals surface area contributed by atoms with Gasteiger partial charge in [0.2, 0.25) is 11.7 Å². The average molecular weight is 641 g/mol. The molecule has 2 heterocycles. The van der Waals surface area contributed by atoms with Gasteiger partial charge >= 0.3 is 0 Å². The number of benzene rings is 3. The Balaban J connectivity index is 1.58. The van der Waals surface area contributed by atoms with Crippen LogP contribution in [0, 0.1) is 9.49 Å². The molecule has 0 radical (unpaired) electrons. The fourth-order valence-electron chi connectivity index (χ4n) is 5.05. The van der Waals surface area contributed by atoms with E-state index in [9.17, 15) is 14.7 Å². The van der Waals surface area contributed by atoms with Crippen molar-refractivity contribution in [1.29, 1.82) is 0 Å². The molecule has 9 nitrogen and oxygen atoms in total. The molecule has 3 aromatic carbocycles. The number of anilines is 2. The number of hydrogen-bond acceptors (Lipinski definition) is 8. The van der Waals surface area contributed by atoms with E-state index in [0.717, 1.165) is 3.57 Å². The number of nitrogens with zero attached hydrogens (tertiary/aromatic N) is 2. The maximum Gasteiger partial charge on any atom is 0.254 e. The van der Waals surface area contributed by atoms with Gasteiger partial charge in [-0.3, -0.25) is 9.59 Å². The molecule has 2 aliphatic heterocycles. The van der Waals surface area contributed by atoms with Gasteiger partial charge in [-0.2, -0.15) is 0 Å². The van der Waals surface area contributed by atoms with Gasteiger partial charge in [0.05, 0.1) is 50.8 Å². The summed E-state index contributed by atoms with van der Waals surface area (Å²) in [6.45, 7) is 0.